The minimum atomic E-state index is -0.842. The van der Waals surface area contributed by atoms with Crippen LogP contribution in [0.15, 0.2) is 6.20 Å². The summed E-state index contributed by atoms with van der Waals surface area (Å²) >= 11 is 5.30. The topological polar surface area (TPSA) is 62.2 Å². The van der Waals surface area contributed by atoms with Crippen molar-refractivity contribution in [1.29, 1.82) is 0 Å². The van der Waals surface area contributed by atoms with Crippen LogP contribution in [0.25, 0.3) is 0 Å². The fraction of sp³-hybridized carbons (Fsp3) is 0. The Kier molecular flexibility index (Phi) is 2.44. The van der Waals surface area contributed by atoms with Gasteiger partial charge >= 0.3 is 0 Å². The van der Waals surface area contributed by atoms with E-state index in [4.69, 9.17) is 16.7 Å². The monoisotopic (exact) mass is 190 g/mol. The van der Waals surface area contributed by atoms with Crippen molar-refractivity contribution in [1.82, 2.24) is 4.98 Å². The molecule has 0 saturated carbocycles. The molecule has 0 atom stereocenters. The third-order valence-corrected chi connectivity index (χ3v) is 1.50. The van der Waals surface area contributed by atoms with Crippen LogP contribution in [-0.2, 0) is 4.79 Å². The Morgan fingerprint density at radius 3 is 3.00 bits per heavy atom. The normalized spacial score (nSPS) is 9.50. The van der Waals surface area contributed by atoms with Crippen molar-refractivity contribution >= 4 is 23.8 Å². The highest BCUT2D eigenvalue weighted by Crippen LogP contribution is 2.31. The van der Waals surface area contributed by atoms with Gasteiger partial charge in [0.2, 0.25) is 6.41 Å². The number of hydrogen-bond acceptors (Lipinski definition) is 3. The van der Waals surface area contributed by atoms with E-state index in [0.29, 0.717) is 6.41 Å². The highest BCUT2D eigenvalue weighted by Gasteiger charge is 2.10. The van der Waals surface area contributed by atoms with Gasteiger partial charge in [-0.1, -0.05) is 11.6 Å². The summed E-state index contributed by atoms with van der Waals surface area (Å²) in [6.45, 7) is 0. The number of nitrogens with zero attached hydrogens (tertiary/aromatic N) is 1. The van der Waals surface area contributed by atoms with E-state index in [-0.39, 0.29) is 5.82 Å². The van der Waals surface area contributed by atoms with Gasteiger partial charge in [-0.15, -0.1) is 0 Å². The molecule has 0 aliphatic carbocycles. The van der Waals surface area contributed by atoms with E-state index in [1.165, 1.54) is 0 Å². The second-order valence-electron chi connectivity index (χ2n) is 1.88. The number of nitrogens with one attached hydrogen (secondary N) is 1. The number of amides is 1. The van der Waals surface area contributed by atoms with Gasteiger partial charge in [-0.25, -0.2) is 9.37 Å². The minimum Gasteiger partial charge on any atom is -0.503 e. The second kappa shape index (κ2) is 3.36. The lowest BCUT2D eigenvalue weighted by atomic mass is 10.4. The summed E-state index contributed by atoms with van der Waals surface area (Å²) in [5, 5.41) is 10.6. The van der Waals surface area contributed by atoms with Gasteiger partial charge < -0.3 is 10.4 Å². The van der Waals surface area contributed by atoms with Crippen molar-refractivity contribution < 1.29 is 14.3 Å². The molecule has 1 heterocycles. The summed E-state index contributed by atoms with van der Waals surface area (Å²) in [5.41, 5.74) is 0. The molecule has 0 aromatic carbocycles. The first-order valence-corrected chi connectivity index (χ1v) is 3.27. The lowest BCUT2D eigenvalue weighted by Gasteiger charge is -2.02. The highest BCUT2D eigenvalue weighted by molar-refractivity contribution is 6.32. The molecular weight excluding hydrogens is 187 g/mol. The van der Waals surface area contributed by atoms with Crippen molar-refractivity contribution in [2.75, 3.05) is 5.32 Å². The van der Waals surface area contributed by atoms with Gasteiger partial charge in [-0.2, -0.15) is 0 Å². The standard InChI is InChI=1S/C6H4ClFN2O2/c7-4-3(8)1-9-6(5(4)12)10-2-11/h1-2,12H,(H,9,10,11). The molecule has 0 unspecified atom stereocenters. The van der Waals surface area contributed by atoms with Crippen LogP contribution in [0.1, 0.15) is 0 Å². The average molecular weight is 191 g/mol. The third kappa shape index (κ3) is 1.45. The second-order valence-corrected chi connectivity index (χ2v) is 2.26. The van der Waals surface area contributed by atoms with Crippen LogP contribution in [-0.4, -0.2) is 16.5 Å². The van der Waals surface area contributed by atoms with E-state index in [2.05, 4.69) is 10.3 Å². The number of rotatable bonds is 2. The summed E-state index contributed by atoms with van der Waals surface area (Å²) < 4.78 is 12.5. The number of aromatic hydroxyl groups is 1. The molecule has 6 heteroatoms. The molecule has 0 spiro atoms. The third-order valence-electron chi connectivity index (χ3n) is 1.14. The van der Waals surface area contributed by atoms with Crippen LogP contribution >= 0.6 is 11.6 Å². The van der Waals surface area contributed by atoms with E-state index in [9.17, 15) is 9.18 Å². The van der Waals surface area contributed by atoms with Crippen molar-refractivity contribution in [3.63, 3.8) is 0 Å². The maximum atomic E-state index is 12.5. The molecule has 12 heavy (non-hydrogen) atoms. The summed E-state index contributed by atoms with van der Waals surface area (Å²) in [5.74, 6) is -1.59. The predicted octanol–water partition coefficient (Wildman–Crippen LogP) is 1.15. The Bertz CT molecular complexity index is 319. The van der Waals surface area contributed by atoms with Crippen LogP contribution in [0.2, 0.25) is 5.02 Å². The zero-order chi connectivity index (χ0) is 9.14. The van der Waals surface area contributed by atoms with Gasteiger partial charge in [0.1, 0.15) is 5.02 Å². The molecule has 0 saturated heterocycles. The number of anilines is 1. The van der Waals surface area contributed by atoms with Gasteiger partial charge in [-0.05, 0) is 0 Å². The van der Waals surface area contributed by atoms with Gasteiger partial charge in [0.05, 0.1) is 6.20 Å². The Morgan fingerprint density at radius 1 is 1.75 bits per heavy atom. The number of pyridine rings is 1. The Balaban J connectivity index is 3.16. The average Bonchev–Trinajstić information content (AvgIpc) is 2.07. The van der Waals surface area contributed by atoms with Crippen LogP contribution in [0.3, 0.4) is 0 Å². The van der Waals surface area contributed by atoms with Crippen molar-refractivity contribution in [3.8, 4) is 5.75 Å². The first-order chi connectivity index (χ1) is 5.66. The molecule has 0 fully saturated rings. The number of halogens is 2. The number of aromatic nitrogens is 1. The molecule has 0 aliphatic rings. The van der Waals surface area contributed by atoms with Crippen LogP contribution in [0.5, 0.6) is 5.75 Å². The van der Waals surface area contributed by atoms with Gasteiger partial charge in [0, 0.05) is 0 Å². The summed E-state index contributed by atoms with van der Waals surface area (Å²) in [6.07, 6.45) is 1.10. The van der Waals surface area contributed by atoms with Crippen LogP contribution in [0, 0.1) is 5.82 Å². The largest absolute Gasteiger partial charge is 0.503 e. The highest BCUT2D eigenvalue weighted by atomic mass is 35.5. The number of carbonyl (C=O) groups is 1. The molecule has 1 aromatic heterocycles. The molecular formula is C6H4ClFN2O2. The summed E-state index contributed by atoms with van der Waals surface area (Å²) in [4.78, 5) is 13.3. The maximum Gasteiger partial charge on any atom is 0.212 e. The van der Waals surface area contributed by atoms with E-state index in [1.807, 2.05) is 0 Å². The lowest BCUT2D eigenvalue weighted by molar-refractivity contribution is -0.105. The first-order valence-electron chi connectivity index (χ1n) is 2.90. The molecule has 1 aromatic rings. The minimum absolute atomic E-state index is 0.170. The van der Waals surface area contributed by atoms with Crippen LogP contribution < -0.4 is 5.32 Å². The molecule has 4 nitrogen and oxygen atoms in total. The van der Waals surface area contributed by atoms with Gasteiger partial charge in [0.15, 0.2) is 17.4 Å². The van der Waals surface area contributed by atoms with Crippen molar-refractivity contribution in [3.05, 3.63) is 17.0 Å². The van der Waals surface area contributed by atoms with E-state index < -0.39 is 16.6 Å². The van der Waals surface area contributed by atoms with E-state index in [0.717, 1.165) is 6.20 Å². The molecule has 1 rings (SSSR count). The Labute approximate surface area is 72.0 Å². The summed E-state index contributed by atoms with van der Waals surface area (Å²) in [7, 11) is 0. The Morgan fingerprint density at radius 2 is 2.42 bits per heavy atom. The van der Waals surface area contributed by atoms with Crippen molar-refractivity contribution in [2.24, 2.45) is 0 Å². The quantitative estimate of drug-likeness (QED) is 0.688. The number of hydrogen-bond donors (Lipinski definition) is 2. The fourth-order valence-electron chi connectivity index (χ4n) is 0.618. The maximum absolute atomic E-state index is 12.5. The van der Waals surface area contributed by atoms with E-state index >= 15 is 0 Å². The molecule has 64 valence electrons. The lowest BCUT2D eigenvalue weighted by Crippen LogP contribution is -1.98. The van der Waals surface area contributed by atoms with Gasteiger partial charge in [-0.3, -0.25) is 4.79 Å². The summed E-state index contributed by atoms with van der Waals surface area (Å²) in [6, 6.07) is 0. The first kappa shape index (κ1) is 8.73. The molecule has 0 aliphatic heterocycles. The molecule has 1 amide bonds. The zero-order valence-corrected chi connectivity index (χ0v) is 6.47. The molecule has 0 radical (unpaired) electrons. The van der Waals surface area contributed by atoms with E-state index in [1.54, 1.807) is 0 Å². The molecule has 2 N–H and O–H groups in total. The van der Waals surface area contributed by atoms with Crippen LogP contribution in [0.4, 0.5) is 10.2 Å². The predicted molar refractivity (Wildman–Crippen MR) is 40.6 cm³/mol. The van der Waals surface area contributed by atoms with Crippen molar-refractivity contribution in [2.45, 2.75) is 0 Å². The number of carbonyl (C=O) groups excluding carboxylic acids is 1. The fourth-order valence-corrected chi connectivity index (χ4v) is 0.756. The smallest absolute Gasteiger partial charge is 0.212 e. The van der Waals surface area contributed by atoms with Gasteiger partial charge in [0.25, 0.3) is 0 Å². The zero-order valence-electron chi connectivity index (χ0n) is 5.71. The SMILES string of the molecule is O=CNc1ncc(F)c(Cl)c1O. The molecule has 0 bridgehead atoms. The Hall–Kier alpha value is -1.36.